The van der Waals surface area contributed by atoms with Crippen LogP contribution in [-0.4, -0.2) is 18.0 Å². The van der Waals surface area contributed by atoms with Crippen LogP contribution in [0.3, 0.4) is 0 Å². The molecule has 1 aliphatic carbocycles. The van der Waals surface area contributed by atoms with E-state index in [1.54, 1.807) is 0 Å². The molecule has 209 valence electrons. The van der Waals surface area contributed by atoms with E-state index in [-0.39, 0.29) is 20.1 Å². The topological polar surface area (TPSA) is 25.8 Å². The number of aromatic nitrogens is 2. The van der Waals surface area contributed by atoms with Gasteiger partial charge in [-0.3, -0.25) is 0 Å². The van der Waals surface area contributed by atoms with Gasteiger partial charge >= 0.3 is 0 Å². The third-order valence-electron chi connectivity index (χ3n) is 7.78. The molecule has 1 radical (unpaired) electrons. The van der Waals surface area contributed by atoms with Gasteiger partial charge in [0.25, 0.3) is 0 Å². The summed E-state index contributed by atoms with van der Waals surface area (Å²) in [6, 6.07) is 36.1. The summed E-state index contributed by atoms with van der Waals surface area (Å²) in [6.07, 6.45) is 9.32. The first-order valence-corrected chi connectivity index (χ1v) is 18.5. The normalized spacial score (nSPS) is 13.5. The number of hydrogen-bond acceptors (Lipinski definition) is 3. The molecular weight excluding hydrogens is 713 g/mol. The van der Waals surface area contributed by atoms with Gasteiger partial charge in [0.1, 0.15) is 0 Å². The van der Waals surface area contributed by atoms with Crippen molar-refractivity contribution < 1.29 is 20.1 Å². The monoisotopic (exact) mass is 747 g/mol. The summed E-state index contributed by atoms with van der Waals surface area (Å²) in [5.74, 6) is 0.747. The van der Waals surface area contributed by atoms with Crippen LogP contribution < -0.4 is 5.19 Å². The Bertz CT molecular complexity index is 1720. The van der Waals surface area contributed by atoms with Crippen molar-refractivity contribution in [3.8, 4) is 22.5 Å². The summed E-state index contributed by atoms with van der Waals surface area (Å²) < 4.78 is 2.67. The van der Waals surface area contributed by atoms with Crippen molar-refractivity contribution in [2.45, 2.75) is 51.2 Å². The van der Waals surface area contributed by atoms with E-state index in [9.17, 15) is 0 Å². The van der Waals surface area contributed by atoms with Crippen LogP contribution in [0.5, 0.6) is 0 Å². The minimum Gasteiger partial charge on any atom is -0.305 e. The van der Waals surface area contributed by atoms with Gasteiger partial charge in [0, 0.05) is 45.3 Å². The quantitative estimate of drug-likeness (QED) is 0.133. The van der Waals surface area contributed by atoms with E-state index in [1.165, 1.54) is 56.6 Å². The first-order chi connectivity index (χ1) is 19.5. The van der Waals surface area contributed by atoms with Crippen LogP contribution in [0.4, 0.5) is 0 Å². The first kappa shape index (κ1) is 29.5. The van der Waals surface area contributed by atoms with Crippen LogP contribution >= 0.6 is 11.3 Å². The Morgan fingerprint density at radius 3 is 2.27 bits per heavy atom. The number of fused-ring (bicyclic) bond motifs is 3. The van der Waals surface area contributed by atoms with Crippen molar-refractivity contribution in [1.82, 2.24) is 9.97 Å². The van der Waals surface area contributed by atoms with Gasteiger partial charge < -0.3 is 9.97 Å². The molecule has 7 rings (SSSR count). The predicted octanol–water partition coefficient (Wildman–Crippen LogP) is 9.67. The first-order valence-electron chi connectivity index (χ1n) is 14.2. The Labute approximate surface area is 262 Å². The summed E-state index contributed by atoms with van der Waals surface area (Å²) in [6.45, 7) is 7.22. The number of hydrogen-bond donors (Lipinski definition) is 0. The van der Waals surface area contributed by atoms with Gasteiger partial charge in [-0.05, 0) is 57.9 Å². The van der Waals surface area contributed by atoms with E-state index >= 15 is 0 Å². The molecule has 6 aromatic rings. The Hall–Kier alpha value is -2.95. The van der Waals surface area contributed by atoms with Gasteiger partial charge in [-0.15, -0.1) is 58.8 Å². The number of rotatable bonds is 4. The van der Waals surface area contributed by atoms with Gasteiger partial charge in [-0.2, -0.15) is 11.3 Å². The largest absolute Gasteiger partial charge is 0.305 e. The molecule has 41 heavy (non-hydrogen) atoms. The summed E-state index contributed by atoms with van der Waals surface area (Å²) in [5, 5.41) is 4.28. The van der Waals surface area contributed by atoms with Crippen molar-refractivity contribution in [2.75, 3.05) is 0 Å². The SMILES string of the molecule is C[Si](C)(C)c1c[c-]c(-c2ccccn2)c2sc3ccccc3c12.[Ir].[c-]1ccccc1-c1ccc(C2CCCC2)cn1. The number of thiophene rings is 1. The molecule has 5 heteroatoms. The van der Waals surface area contributed by atoms with Crippen LogP contribution in [-0.2, 0) is 20.1 Å². The van der Waals surface area contributed by atoms with Crippen molar-refractivity contribution in [2.24, 2.45) is 0 Å². The number of benzene rings is 3. The fourth-order valence-corrected chi connectivity index (χ4v) is 8.52. The summed E-state index contributed by atoms with van der Waals surface area (Å²) in [4.78, 5) is 9.11. The molecule has 3 aromatic carbocycles. The van der Waals surface area contributed by atoms with Crippen molar-refractivity contribution in [1.29, 1.82) is 0 Å². The Morgan fingerprint density at radius 1 is 0.805 bits per heavy atom. The molecule has 0 N–H and O–H groups in total. The Balaban J connectivity index is 0.000000168. The second-order valence-electron chi connectivity index (χ2n) is 11.6. The standard InChI is InChI=1S/C20H18NSSi.C16H16N.Ir/c1-23(2,3)18-12-11-14(16-9-6-7-13-21-16)20-19(18)15-8-4-5-10-17(15)22-20;1-2-8-14(9-3-1)16-11-10-15(12-17-16)13-6-4-5-7-13;/h4-10,12-13H,1-3H3;1-3,8,10-13H,4-7H2;/q2*-1;. The minimum absolute atomic E-state index is 0. The Kier molecular flexibility index (Phi) is 9.30. The van der Waals surface area contributed by atoms with Crippen molar-refractivity contribution in [3.63, 3.8) is 0 Å². The maximum Gasteiger partial charge on any atom is 0.0300 e. The Morgan fingerprint density at radius 2 is 1.59 bits per heavy atom. The fourth-order valence-electron chi connectivity index (χ4n) is 5.68. The zero-order chi connectivity index (χ0) is 27.5. The molecule has 0 amide bonds. The van der Waals surface area contributed by atoms with Gasteiger partial charge in [0.15, 0.2) is 0 Å². The van der Waals surface area contributed by atoms with E-state index in [0.29, 0.717) is 0 Å². The van der Waals surface area contributed by atoms with E-state index in [1.807, 2.05) is 54.1 Å². The molecule has 0 aliphatic heterocycles. The second-order valence-corrected chi connectivity index (χ2v) is 17.7. The molecule has 1 fully saturated rings. The molecule has 3 heterocycles. The molecule has 0 bridgehead atoms. The van der Waals surface area contributed by atoms with Crippen LogP contribution in [0.15, 0.2) is 97.3 Å². The molecule has 0 atom stereocenters. The fraction of sp³-hybridized carbons (Fsp3) is 0.222. The third kappa shape index (κ3) is 6.44. The van der Waals surface area contributed by atoms with E-state index < -0.39 is 8.07 Å². The van der Waals surface area contributed by atoms with Gasteiger partial charge in [-0.1, -0.05) is 80.3 Å². The van der Waals surface area contributed by atoms with Crippen molar-refractivity contribution >= 4 is 44.8 Å². The zero-order valence-corrected chi connectivity index (χ0v) is 28.0. The second kappa shape index (κ2) is 12.9. The van der Waals surface area contributed by atoms with Gasteiger partial charge in [0.05, 0.1) is 0 Å². The summed E-state index contributed by atoms with van der Waals surface area (Å²) in [5.41, 5.74) is 5.63. The van der Waals surface area contributed by atoms with Crippen LogP contribution in [0.2, 0.25) is 19.6 Å². The molecular formula is C36H34IrN2SSi-2. The summed E-state index contributed by atoms with van der Waals surface area (Å²) >= 11 is 1.86. The van der Waals surface area contributed by atoms with E-state index in [0.717, 1.165) is 28.4 Å². The minimum atomic E-state index is -1.45. The predicted molar refractivity (Wildman–Crippen MR) is 174 cm³/mol. The van der Waals surface area contributed by atoms with Gasteiger partial charge in [-0.25, -0.2) is 0 Å². The smallest absolute Gasteiger partial charge is 0.0300 e. The van der Waals surface area contributed by atoms with E-state index in [2.05, 4.69) is 96.3 Å². The van der Waals surface area contributed by atoms with E-state index in [4.69, 9.17) is 0 Å². The molecule has 2 nitrogen and oxygen atoms in total. The van der Waals surface area contributed by atoms with Crippen LogP contribution in [0.1, 0.15) is 37.2 Å². The maximum atomic E-state index is 4.56. The van der Waals surface area contributed by atoms with Crippen LogP contribution in [0, 0.1) is 12.1 Å². The maximum absolute atomic E-state index is 4.56. The summed E-state index contributed by atoms with van der Waals surface area (Å²) in [7, 11) is -1.45. The van der Waals surface area contributed by atoms with Gasteiger partial charge in [0.2, 0.25) is 0 Å². The molecule has 1 saturated carbocycles. The van der Waals surface area contributed by atoms with Crippen LogP contribution in [0.25, 0.3) is 42.7 Å². The van der Waals surface area contributed by atoms with Crippen molar-refractivity contribution in [3.05, 3.63) is 115 Å². The molecule has 3 aromatic heterocycles. The third-order valence-corrected chi connectivity index (χ3v) is 11.0. The number of nitrogens with zero attached hydrogens (tertiary/aromatic N) is 2. The molecule has 1 aliphatic rings. The molecule has 0 saturated heterocycles. The number of pyridine rings is 2. The average molecular weight is 747 g/mol. The average Bonchev–Trinajstić information content (AvgIpc) is 3.67. The molecule has 0 unspecified atom stereocenters. The molecule has 0 spiro atoms. The zero-order valence-electron chi connectivity index (χ0n) is 23.8.